The minimum atomic E-state index is -0.204. The van der Waals surface area contributed by atoms with E-state index in [0.717, 1.165) is 16.8 Å². The molecule has 1 aliphatic heterocycles. The van der Waals surface area contributed by atoms with E-state index in [0.29, 0.717) is 16.6 Å². The third-order valence-electron chi connectivity index (χ3n) is 3.88. The summed E-state index contributed by atoms with van der Waals surface area (Å²) in [7, 11) is 3.99. The quantitative estimate of drug-likeness (QED) is 0.631. The van der Waals surface area contributed by atoms with Gasteiger partial charge >= 0.3 is 0 Å². The van der Waals surface area contributed by atoms with Gasteiger partial charge in [-0.15, -0.1) is 5.10 Å². The Balaban J connectivity index is 1.59. The van der Waals surface area contributed by atoms with Crippen molar-refractivity contribution in [2.24, 2.45) is 10.2 Å². The molecule has 0 aliphatic carbocycles. The van der Waals surface area contributed by atoms with Crippen LogP contribution in [0.15, 0.2) is 58.7 Å². The molecule has 5 nitrogen and oxygen atoms in total. The maximum Gasteiger partial charge on any atom is 0.239 e. The highest BCUT2D eigenvalue weighted by molar-refractivity contribution is 8.15. The number of benzene rings is 2. The third kappa shape index (κ3) is 4.86. The monoisotopic (exact) mass is 386 g/mol. The van der Waals surface area contributed by atoms with E-state index in [2.05, 4.69) is 15.5 Å². The molecule has 0 spiro atoms. The summed E-state index contributed by atoms with van der Waals surface area (Å²) in [5.74, 6) is -0.0470. The van der Waals surface area contributed by atoms with Gasteiger partial charge in [0.1, 0.15) is 0 Å². The minimum Gasteiger partial charge on any atom is -0.378 e. The van der Waals surface area contributed by atoms with Gasteiger partial charge in [-0.05, 0) is 41.8 Å². The summed E-state index contributed by atoms with van der Waals surface area (Å²) in [4.78, 5) is 14.1. The Kier molecular flexibility index (Phi) is 5.96. The van der Waals surface area contributed by atoms with Crippen molar-refractivity contribution < 1.29 is 4.79 Å². The molecule has 1 heterocycles. The molecule has 1 fully saturated rings. The molecule has 2 aromatic carbocycles. The topological polar surface area (TPSA) is 57.1 Å². The zero-order valence-corrected chi connectivity index (χ0v) is 16.1. The SMILES string of the molecule is CN(C)c1ccc(/C=N/N=C2\NC(=O)C(Cc3ccc(Cl)cc3)S2)cc1. The molecular weight excluding hydrogens is 368 g/mol. The number of nitrogens with one attached hydrogen (secondary N) is 1. The fourth-order valence-electron chi connectivity index (χ4n) is 2.43. The second kappa shape index (κ2) is 8.38. The van der Waals surface area contributed by atoms with Crippen LogP contribution in [0.3, 0.4) is 0 Å². The molecule has 0 saturated carbocycles. The highest BCUT2D eigenvalue weighted by Gasteiger charge is 2.30. The lowest BCUT2D eigenvalue weighted by Crippen LogP contribution is -2.25. The molecule has 1 N–H and O–H groups in total. The van der Waals surface area contributed by atoms with Crippen molar-refractivity contribution in [3.05, 3.63) is 64.7 Å². The molecule has 2 aromatic rings. The first-order valence-corrected chi connectivity index (χ1v) is 9.37. The molecule has 134 valence electrons. The van der Waals surface area contributed by atoms with Gasteiger partial charge in [-0.25, -0.2) is 0 Å². The summed E-state index contributed by atoms with van der Waals surface area (Å²) in [6.07, 6.45) is 2.30. The van der Waals surface area contributed by atoms with Crippen molar-refractivity contribution in [2.75, 3.05) is 19.0 Å². The van der Waals surface area contributed by atoms with E-state index in [1.807, 2.05) is 67.5 Å². The molecule has 0 aromatic heterocycles. The molecule has 1 saturated heterocycles. The van der Waals surface area contributed by atoms with Gasteiger partial charge in [0.25, 0.3) is 0 Å². The second-order valence-electron chi connectivity index (χ2n) is 6.06. The number of nitrogens with zero attached hydrogens (tertiary/aromatic N) is 3. The Morgan fingerprint density at radius 3 is 2.50 bits per heavy atom. The van der Waals surface area contributed by atoms with Crippen molar-refractivity contribution in [3.63, 3.8) is 0 Å². The second-order valence-corrected chi connectivity index (χ2v) is 7.69. The number of anilines is 1. The molecule has 1 atom stereocenters. The number of carbonyl (C=O) groups excluding carboxylic acids is 1. The Hall–Kier alpha value is -2.31. The van der Waals surface area contributed by atoms with Gasteiger partial charge in [0.15, 0.2) is 5.17 Å². The van der Waals surface area contributed by atoms with Gasteiger partial charge in [0, 0.05) is 24.8 Å². The fourth-order valence-corrected chi connectivity index (χ4v) is 3.52. The highest BCUT2D eigenvalue weighted by atomic mass is 35.5. The largest absolute Gasteiger partial charge is 0.378 e. The third-order valence-corrected chi connectivity index (χ3v) is 5.20. The highest BCUT2D eigenvalue weighted by Crippen LogP contribution is 2.24. The average molecular weight is 387 g/mol. The van der Waals surface area contributed by atoms with E-state index in [1.54, 1.807) is 6.21 Å². The van der Waals surface area contributed by atoms with Gasteiger partial charge in [-0.1, -0.05) is 47.6 Å². The predicted octanol–water partition coefficient (Wildman–Crippen LogP) is 3.57. The van der Waals surface area contributed by atoms with Crippen molar-refractivity contribution in [1.82, 2.24) is 5.32 Å². The van der Waals surface area contributed by atoms with Crippen LogP contribution in [0.2, 0.25) is 5.02 Å². The van der Waals surface area contributed by atoms with Gasteiger partial charge in [-0.3, -0.25) is 4.79 Å². The Morgan fingerprint density at radius 2 is 1.85 bits per heavy atom. The van der Waals surface area contributed by atoms with Crippen LogP contribution < -0.4 is 10.2 Å². The number of hydrogen-bond acceptors (Lipinski definition) is 5. The maximum atomic E-state index is 12.1. The van der Waals surface area contributed by atoms with E-state index >= 15 is 0 Å². The van der Waals surface area contributed by atoms with E-state index in [1.165, 1.54) is 11.8 Å². The maximum absolute atomic E-state index is 12.1. The molecule has 1 aliphatic rings. The molecular formula is C19H19ClN4OS. The van der Waals surface area contributed by atoms with Crippen LogP contribution in [0.1, 0.15) is 11.1 Å². The van der Waals surface area contributed by atoms with Gasteiger partial charge in [0.2, 0.25) is 5.91 Å². The first-order chi connectivity index (χ1) is 12.5. The van der Waals surface area contributed by atoms with Crippen molar-refractivity contribution in [2.45, 2.75) is 11.7 Å². The van der Waals surface area contributed by atoms with E-state index in [-0.39, 0.29) is 11.2 Å². The van der Waals surface area contributed by atoms with Crippen LogP contribution in [0, 0.1) is 0 Å². The number of carbonyl (C=O) groups is 1. The van der Waals surface area contributed by atoms with Crippen LogP contribution >= 0.6 is 23.4 Å². The van der Waals surface area contributed by atoms with Gasteiger partial charge in [0.05, 0.1) is 11.5 Å². The minimum absolute atomic E-state index is 0.0470. The standard InChI is InChI=1S/C19H19ClN4OS/c1-24(2)16-9-5-14(6-10-16)12-21-23-19-22-18(25)17(26-19)11-13-3-7-15(20)8-4-13/h3-10,12,17H,11H2,1-2H3,(H,22,23,25)/b21-12+. The van der Waals surface area contributed by atoms with E-state index in [9.17, 15) is 4.79 Å². The van der Waals surface area contributed by atoms with Crippen molar-refractivity contribution in [3.8, 4) is 0 Å². The molecule has 1 unspecified atom stereocenters. The van der Waals surface area contributed by atoms with Crippen molar-refractivity contribution in [1.29, 1.82) is 0 Å². The lowest BCUT2D eigenvalue weighted by molar-refractivity contribution is -0.118. The average Bonchev–Trinajstić information content (AvgIpc) is 2.97. The molecule has 26 heavy (non-hydrogen) atoms. The van der Waals surface area contributed by atoms with Crippen LogP contribution in [0.25, 0.3) is 0 Å². The number of halogens is 1. The number of thioether (sulfide) groups is 1. The van der Waals surface area contributed by atoms with Crippen LogP contribution in [0.5, 0.6) is 0 Å². The van der Waals surface area contributed by atoms with E-state index < -0.39 is 0 Å². The zero-order valence-electron chi connectivity index (χ0n) is 14.5. The zero-order chi connectivity index (χ0) is 18.5. The van der Waals surface area contributed by atoms with Gasteiger partial charge < -0.3 is 10.2 Å². The summed E-state index contributed by atoms with van der Waals surface area (Å²) >= 11 is 7.29. The smallest absolute Gasteiger partial charge is 0.239 e. The summed E-state index contributed by atoms with van der Waals surface area (Å²) in [6, 6.07) is 15.5. The van der Waals surface area contributed by atoms with Gasteiger partial charge in [-0.2, -0.15) is 5.10 Å². The fraction of sp³-hybridized carbons (Fsp3) is 0.211. The lowest BCUT2D eigenvalue weighted by Gasteiger charge is -2.11. The Labute approximate surface area is 162 Å². The Morgan fingerprint density at radius 1 is 1.15 bits per heavy atom. The summed E-state index contributed by atoms with van der Waals surface area (Å²) in [5.41, 5.74) is 3.14. The number of amidine groups is 1. The molecule has 1 amide bonds. The van der Waals surface area contributed by atoms with Crippen LogP contribution in [-0.2, 0) is 11.2 Å². The van der Waals surface area contributed by atoms with Crippen molar-refractivity contribution >= 4 is 46.3 Å². The first-order valence-electron chi connectivity index (χ1n) is 8.11. The molecule has 0 radical (unpaired) electrons. The van der Waals surface area contributed by atoms with Crippen LogP contribution in [-0.4, -0.2) is 36.6 Å². The molecule has 7 heteroatoms. The number of hydrogen-bond donors (Lipinski definition) is 1. The lowest BCUT2D eigenvalue weighted by atomic mass is 10.1. The molecule has 0 bridgehead atoms. The van der Waals surface area contributed by atoms with E-state index in [4.69, 9.17) is 11.6 Å². The number of rotatable bonds is 5. The number of amides is 1. The summed E-state index contributed by atoms with van der Waals surface area (Å²) < 4.78 is 0. The Bertz CT molecular complexity index is 832. The first kappa shape index (κ1) is 18.5. The predicted molar refractivity (Wildman–Crippen MR) is 110 cm³/mol. The van der Waals surface area contributed by atoms with Crippen LogP contribution in [0.4, 0.5) is 5.69 Å². The summed E-state index contributed by atoms with van der Waals surface area (Å²) in [6.45, 7) is 0. The normalized spacial score (nSPS) is 18.5. The molecule has 3 rings (SSSR count). The summed E-state index contributed by atoms with van der Waals surface area (Å²) in [5, 5.41) is 12.0.